The minimum Gasteiger partial charge on any atom is -0.337 e. The van der Waals surface area contributed by atoms with E-state index in [0.717, 1.165) is 5.69 Å². The Bertz CT molecular complexity index is 542. The van der Waals surface area contributed by atoms with E-state index in [9.17, 15) is 0 Å². The number of aryl methyl sites for hydroxylation is 1. The molecule has 0 aliphatic rings. The summed E-state index contributed by atoms with van der Waals surface area (Å²) in [5, 5.41) is 3.93. The van der Waals surface area contributed by atoms with E-state index in [4.69, 9.17) is 10.3 Å². The second-order valence-electron chi connectivity index (χ2n) is 5.46. The first kappa shape index (κ1) is 12.7. The zero-order chi connectivity index (χ0) is 13.3. The molecule has 0 bridgehead atoms. The predicted octanol–water partition coefficient (Wildman–Crippen LogP) is 2.49. The summed E-state index contributed by atoms with van der Waals surface area (Å²) in [4.78, 5) is 8.68. The average Bonchev–Trinajstić information content (AvgIpc) is 2.75. The molecular weight excluding hydrogens is 228 g/mol. The van der Waals surface area contributed by atoms with Crippen molar-refractivity contribution >= 4 is 0 Å². The highest BCUT2D eigenvalue weighted by atomic mass is 16.5. The van der Waals surface area contributed by atoms with Crippen molar-refractivity contribution in [2.45, 2.75) is 33.7 Å². The highest BCUT2D eigenvalue weighted by molar-refractivity contribution is 5.48. The van der Waals surface area contributed by atoms with Crippen LogP contribution in [0.3, 0.4) is 0 Å². The van der Waals surface area contributed by atoms with Crippen molar-refractivity contribution in [1.29, 1.82) is 0 Å². The van der Waals surface area contributed by atoms with Gasteiger partial charge in [0.2, 0.25) is 11.7 Å². The average molecular weight is 246 g/mol. The van der Waals surface area contributed by atoms with E-state index < -0.39 is 0 Å². The number of hydrogen-bond donors (Lipinski definition) is 1. The molecule has 2 aromatic heterocycles. The minimum absolute atomic E-state index is 0.121. The van der Waals surface area contributed by atoms with Crippen molar-refractivity contribution in [3.05, 3.63) is 29.8 Å². The molecule has 0 radical (unpaired) electrons. The molecule has 5 heteroatoms. The standard InChI is InChI=1S/C13H18N4O/c1-8-6-5-7-9(15-8)11-16-12(18-17-11)10(14)13(2,3)4/h5-7,10H,14H2,1-4H3. The van der Waals surface area contributed by atoms with Crippen LogP contribution >= 0.6 is 0 Å². The number of aromatic nitrogens is 3. The Morgan fingerprint density at radius 3 is 2.56 bits per heavy atom. The first-order valence-corrected chi connectivity index (χ1v) is 5.91. The van der Waals surface area contributed by atoms with Crippen molar-refractivity contribution in [1.82, 2.24) is 15.1 Å². The minimum atomic E-state index is -0.288. The first-order chi connectivity index (χ1) is 8.38. The summed E-state index contributed by atoms with van der Waals surface area (Å²) in [7, 11) is 0. The molecule has 18 heavy (non-hydrogen) atoms. The fraction of sp³-hybridized carbons (Fsp3) is 0.462. The van der Waals surface area contributed by atoms with Crippen LogP contribution in [0.2, 0.25) is 0 Å². The van der Waals surface area contributed by atoms with Crippen molar-refractivity contribution in [2.24, 2.45) is 11.1 Å². The molecule has 0 amide bonds. The van der Waals surface area contributed by atoms with Crippen molar-refractivity contribution in [3.8, 4) is 11.5 Å². The van der Waals surface area contributed by atoms with Crippen molar-refractivity contribution in [3.63, 3.8) is 0 Å². The van der Waals surface area contributed by atoms with Gasteiger partial charge in [-0.1, -0.05) is 32.0 Å². The molecule has 1 atom stereocenters. The molecular formula is C13H18N4O. The Morgan fingerprint density at radius 2 is 1.94 bits per heavy atom. The van der Waals surface area contributed by atoms with Gasteiger partial charge in [-0.3, -0.25) is 0 Å². The second-order valence-corrected chi connectivity index (χ2v) is 5.46. The van der Waals surface area contributed by atoms with Crippen LogP contribution in [0.5, 0.6) is 0 Å². The van der Waals surface area contributed by atoms with Crippen LogP contribution < -0.4 is 5.73 Å². The third-order valence-corrected chi connectivity index (χ3v) is 2.76. The summed E-state index contributed by atoms with van der Waals surface area (Å²) in [5.41, 5.74) is 7.57. The van der Waals surface area contributed by atoms with Crippen LogP contribution in [-0.4, -0.2) is 15.1 Å². The van der Waals surface area contributed by atoms with E-state index in [0.29, 0.717) is 17.4 Å². The topological polar surface area (TPSA) is 77.8 Å². The summed E-state index contributed by atoms with van der Waals surface area (Å²) < 4.78 is 5.22. The molecule has 2 aromatic rings. The molecule has 2 N–H and O–H groups in total. The summed E-state index contributed by atoms with van der Waals surface area (Å²) >= 11 is 0. The third kappa shape index (κ3) is 2.56. The van der Waals surface area contributed by atoms with Crippen molar-refractivity contribution in [2.75, 3.05) is 0 Å². The molecule has 0 saturated carbocycles. The fourth-order valence-corrected chi connectivity index (χ4v) is 1.50. The SMILES string of the molecule is Cc1cccc(-c2noc(C(N)C(C)(C)C)n2)n1. The number of pyridine rings is 1. The molecule has 0 spiro atoms. The predicted molar refractivity (Wildman–Crippen MR) is 68.6 cm³/mol. The Labute approximate surface area is 106 Å². The van der Waals surface area contributed by atoms with E-state index in [-0.39, 0.29) is 11.5 Å². The van der Waals surface area contributed by atoms with Crippen LogP contribution in [0, 0.1) is 12.3 Å². The molecule has 0 aliphatic heterocycles. The van der Waals surface area contributed by atoms with Crippen molar-refractivity contribution < 1.29 is 4.52 Å². The number of nitrogens with two attached hydrogens (primary N) is 1. The van der Waals surface area contributed by atoms with Gasteiger partial charge in [-0.15, -0.1) is 0 Å². The monoisotopic (exact) mass is 246 g/mol. The molecule has 0 saturated heterocycles. The van der Waals surface area contributed by atoms with Crippen LogP contribution in [0.4, 0.5) is 0 Å². The molecule has 1 unspecified atom stereocenters. The molecule has 0 aliphatic carbocycles. The second kappa shape index (κ2) is 4.49. The van der Waals surface area contributed by atoms with E-state index in [1.807, 2.05) is 45.9 Å². The lowest BCUT2D eigenvalue weighted by Gasteiger charge is -2.23. The Balaban J connectivity index is 2.31. The molecule has 2 rings (SSSR count). The Kier molecular flexibility index (Phi) is 3.17. The third-order valence-electron chi connectivity index (χ3n) is 2.76. The van der Waals surface area contributed by atoms with Gasteiger partial charge < -0.3 is 10.3 Å². The van der Waals surface area contributed by atoms with E-state index in [1.165, 1.54) is 0 Å². The van der Waals surface area contributed by atoms with Crippen LogP contribution in [0.15, 0.2) is 22.7 Å². The highest BCUT2D eigenvalue weighted by Gasteiger charge is 2.27. The Hall–Kier alpha value is -1.75. The van der Waals surface area contributed by atoms with Crippen LogP contribution in [0.25, 0.3) is 11.5 Å². The molecule has 0 fully saturated rings. The Morgan fingerprint density at radius 1 is 1.22 bits per heavy atom. The fourth-order valence-electron chi connectivity index (χ4n) is 1.50. The molecule has 0 aromatic carbocycles. The van der Waals surface area contributed by atoms with Gasteiger partial charge >= 0.3 is 0 Å². The lowest BCUT2D eigenvalue weighted by Crippen LogP contribution is -2.26. The maximum absolute atomic E-state index is 6.08. The summed E-state index contributed by atoms with van der Waals surface area (Å²) in [6.45, 7) is 8.02. The molecule has 2 heterocycles. The number of nitrogens with zero attached hydrogens (tertiary/aromatic N) is 3. The zero-order valence-corrected chi connectivity index (χ0v) is 11.1. The maximum atomic E-state index is 6.08. The van der Waals surface area contributed by atoms with Gasteiger partial charge in [-0.05, 0) is 24.5 Å². The van der Waals surface area contributed by atoms with Gasteiger partial charge in [0.05, 0.1) is 6.04 Å². The van der Waals surface area contributed by atoms with E-state index >= 15 is 0 Å². The van der Waals surface area contributed by atoms with Gasteiger partial charge in [0, 0.05) is 5.69 Å². The largest absolute Gasteiger partial charge is 0.337 e. The van der Waals surface area contributed by atoms with Crippen LogP contribution in [0.1, 0.15) is 38.4 Å². The highest BCUT2D eigenvalue weighted by Crippen LogP contribution is 2.30. The van der Waals surface area contributed by atoms with Gasteiger partial charge in [-0.2, -0.15) is 4.98 Å². The lowest BCUT2D eigenvalue weighted by molar-refractivity contribution is 0.253. The van der Waals surface area contributed by atoms with Gasteiger partial charge in [0.15, 0.2) is 0 Å². The summed E-state index contributed by atoms with van der Waals surface area (Å²) in [6, 6.07) is 5.40. The van der Waals surface area contributed by atoms with Gasteiger partial charge in [-0.25, -0.2) is 4.98 Å². The van der Waals surface area contributed by atoms with Crippen LogP contribution in [-0.2, 0) is 0 Å². The molecule has 96 valence electrons. The summed E-state index contributed by atoms with van der Waals surface area (Å²) in [5.74, 6) is 0.925. The van der Waals surface area contributed by atoms with E-state index in [2.05, 4.69) is 15.1 Å². The number of rotatable bonds is 2. The van der Waals surface area contributed by atoms with E-state index in [1.54, 1.807) is 0 Å². The lowest BCUT2D eigenvalue weighted by atomic mass is 9.87. The zero-order valence-electron chi connectivity index (χ0n) is 11.1. The maximum Gasteiger partial charge on any atom is 0.244 e. The summed E-state index contributed by atoms with van der Waals surface area (Å²) in [6.07, 6.45) is 0. The first-order valence-electron chi connectivity index (χ1n) is 5.91. The van der Waals surface area contributed by atoms with Gasteiger partial charge in [0.25, 0.3) is 0 Å². The van der Waals surface area contributed by atoms with Gasteiger partial charge in [0.1, 0.15) is 5.69 Å². The number of hydrogen-bond acceptors (Lipinski definition) is 5. The smallest absolute Gasteiger partial charge is 0.244 e. The quantitative estimate of drug-likeness (QED) is 0.880. The normalized spacial score (nSPS) is 13.6. The molecule has 5 nitrogen and oxygen atoms in total.